The Morgan fingerprint density at radius 3 is 2.39 bits per heavy atom. The number of anilines is 3. The van der Waals surface area contributed by atoms with E-state index >= 15 is 0 Å². The second kappa shape index (κ2) is 10.2. The van der Waals surface area contributed by atoms with Crippen LogP contribution in [0.5, 0.6) is 0 Å². The van der Waals surface area contributed by atoms with Gasteiger partial charge in [0.25, 0.3) is 5.91 Å². The SMILES string of the molecule is Nc1ccc(N2CCC(CN3CCN(c4ccc5c(c4)C(=O)N(C4CCC(=O)NC4=O)C5)CC3)CC2)nn1. The normalized spacial score (nSPS) is 23.1. The number of carbonyl (C=O) groups is 3. The van der Waals surface area contributed by atoms with Gasteiger partial charge in [0.1, 0.15) is 11.9 Å². The summed E-state index contributed by atoms with van der Waals surface area (Å²) in [6.07, 6.45) is 2.93. The number of nitrogen functional groups attached to an aromatic ring is 1. The predicted molar refractivity (Wildman–Crippen MR) is 143 cm³/mol. The third kappa shape index (κ3) is 4.90. The lowest BCUT2D eigenvalue weighted by Crippen LogP contribution is -2.52. The van der Waals surface area contributed by atoms with Crippen LogP contribution in [0.3, 0.4) is 0 Å². The van der Waals surface area contributed by atoms with Crippen LogP contribution in [0.4, 0.5) is 17.3 Å². The van der Waals surface area contributed by atoms with Gasteiger partial charge in [-0.3, -0.25) is 24.6 Å². The summed E-state index contributed by atoms with van der Waals surface area (Å²) in [5.41, 5.74) is 8.33. The molecule has 3 fully saturated rings. The fourth-order valence-corrected chi connectivity index (χ4v) is 6.14. The van der Waals surface area contributed by atoms with Gasteiger partial charge in [0.05, 0.1) is 0 Å². The molecule has 6 rings (SSSR count). The van der Waals surface area contributed by atoms with Crippen LogP contribution in [0.15, 0.2) is 30.3 Å². The molecule has 11 nitrogen and oxygen atoms in total. The fraction of sp³-hybridized carbons (Fsp3) is 0.519. The lowest BCUT2D eigenvalue weighted by Gasteiger charge is -2.39. The van der Waals surface area contributed by atoms with Crippen molar-refractivity contribution in [2.45, 2.75) is 38.3 Å². The number of hydrogen-bond acceptors (Lipinski definition) is 9. The molecule has 1 aromatic carbocycles. The summed E-state index contributed by atoms with van der Waals surface area (Å²) >= 11 is 0. The van der Waals surface area contributed by atoms with E-state index in [4.69, 9.17) is 5.73 Å². The van der Waals surface area contributed by atoms with Crippen molar-refractivity contribution in [1.29, 1.82) is 0 Å². The Balaban J connectivity index is 1.00. The van der Waals surface area contributed by atoms with Gasteiger partial charge in [0.15, 0.2) is 5.82 Å². The molecule has 11 heteroatoms. The number of piperidine rings is 2. The maximum atomic E-state index is 13.2. The minimum atomic E-state index is -0.578. The minimum absolute atomic E-state index is 0.119. The van der Waals surface area contributed by atoms with E-state index in [0.29, 0.717) is 30.3 Å². The first-order chi connectivity index (χ1) is 18.4. The summed E-state index contributed by atoms with van der Waals surface area (Å²) in [4.78, 5) is 45.8. The van der Waals surface area contributed by atoms with Crippen molar-refractivity contribution in [2.24, 2.45) is 5.92 Å². The highest BCUT2D eigenvalue weighted by molar-refractivity contribution is 6.05. The number of nitrogens with one attached hydrogen (secondary N) is 1. The second-order valence-corrected chi connectivity index (χ2v) is 10.8. The number of fused-ring (bicyclic) bond motifs is 1. The van der Waals surface area contributed by atoms with Crippen LogP contribution < -0.4 is 20.9 Å². The van der Waals surface area contributed by atoms with E-state index in [1.807, 2.05) is 18.2 Å². The molecule has 5 heterocycles. The number of rotatable bonds is 5. The highest BCUT2D eigenvalue weighted by atomic mass is 16.2. The van der Waals surface area contributed by atoms with Crippen molar-refractivity contribution in [2.75, 3.05) is 61.3 Å². The molecule has 2 aromatic rings. The third-order valence-electron chi connectivity index (χ3n) is 8.38. The zero-order valence-electron chi connectivity index (χ0n) is 21.5. The lowest BCUT2D eigenvalue weighted by molar-refractivity contribution is -0.136. The van der Waals surface area contributed by atoms with Gasteiger partial charge in [-0.15, -0.1) is 10.2 Å². The second-order valence-electron chi connectivity index (χ2n) is 10.8. The van der Waals surface area contributed by atoms with Gasteiger partial charge in [-0.05, 0) is 55.0 Å². The molecule has 3 saturated heterocycles. The largest absolute Gasteiger partial charge is 0.382 e. The van der Waals surface area contributed by atoms with Gasteiger partial charge >= 0.3 is 0 Å². The summed E-state index contributed by atoms with van der Waals surface area (Å²) < 4.78 is 0. The molecule has 1 atom stereocenters. The van der Waals surface area contributed by atoms with E-state index in [1.165, 1.54) is 0 Å². The van der Waals surface area contributed by atoms with Crippen molar-refractivity contribution in [1.82, 2.24) is 25.3 Å². The summed E-state index contributed by atoms with van der Waals surface area (Å²) in [7, 11) is 0. The first kappa shape index (κ1) is 24.6. The molecule has 200 valence electrons. The topological polar surface area (TPSA) is 128 Å². The van der Waals surface area contributed by atoms with Crippen LogP contribution in [-0.4, -0.2) is 89.6 Å². The minimum Gasteiger partial charge on any atom is -0.382 e. The summed E-state index contributed by atoms with van der Waals surface area (Å²) in [6.45, 7) is 7.34. The van der Waals surface area contributed by atoms with Crippen LogP contribution >= 0.6 is 0 Å². The highest BCUT2D eigenvalue weighted by Gasteiger charge is 2.39. The zero-order chi connectivity index (χ0) is 26.2. The number of nitrogens with two attached hydrogens (primary N) is 1. The average Bonchev–Trinajstić information content (AvgIpc) is 3.25. The third-order valence-corrected chi connectivity index (χ3v) is 8.38. The van der Waals surface area contributed by atoms with Crippen LogP contribution in [0.25, 0.3) is 0 Å². The number of imide groups is 1. The maximum absolute atomic E-state index is 13.2. The zero-order valence-corrected chi connectivity index (χ0v) is 21.5. The monoisotopic (exact) mass is 518 g/mol. The number of benzene rings is 1. The molecule has 38 heavy (non-hydrogen) atoms. The molecule has 0 bridgehead atoms. The molecule has 1 aromatic heterocycles. The first-order valence-corrected chi connectivity index (χ1v) is 13.5. The molecule has 4 aliphatic heterocycles. The van der Waals surface area contributed by atoms with E-state index in [1.54, 1.807) is 11.0 Å². The molecule has 3 N–H and O–H groups in total. The number of amides is 3. The fourth-order valence-electron chi connectivity index (χ4n) is 6.14. The first-order valence-electron chi connectivity index (χ1n) is 13.5. The Hall–Kier alpha value is -3.73. The lowest BCUT2D eigenvalue weighted by atomic mass is 9.96. The molecule has 3 amide bonds. The van der Waals surface area contributed by atoms with Gasteiger partial charge in [0, 0.05) is 70.0 Å². The van der Waals surface area contributed by atoms with E-state index in [9.17, 15) is 14.4 Å². The smallest absolute Gasteiger partial charge is 0.255 e. The number of hydrogen-bond donors (Lipinski definition) is 2. The number of carbonyl (C=O) groups excluding carboxylic acids is 3. The number of aromatic nitrogens is 2. The van der Waals surface area contributed by atoms with Crippen molar-refractivity contribution in [3.63, 3.8) is 0 Å². The van der Waals surface area contributed by atoms with E-state index in [-0.39, 0.29) is 24.1 Å². The van der Waals surface area contributed by atoms with Gasteiger partial charge < -0.3 is 20.4 Å². The molecule has 0 radical (unpaired) electrons. The van der Waals surface area contributed by atoms with Gasteiger partial charge in [-0.1, -0.05) is 6.07 Å². The molecular formula is C27H34N8O3. The summed E-state index contributed by atoms with van der Waals surface area (Å²) in [5, 5.41) is 10.6. The Morgan fingerprint density at radius 1 is 0.895 bits per heavy atom. The van der Waals surface area contributed by atoms with Crippen LogP contribution in [0.2, 0.25) is 0 Å². The Labute approximate surface area is 221 Å². The molecule has 1 unspecified atom stereocenters. The summed E-state index contributed by atoms with van der Waals surface area (Å²) in [6, 6.07) is 9.26. The quantitative estimate of drug-likeness (QED) is 0.554. The van der Waals surface area contributed by atoms with Crippen LogP contribution in [0.1, 0.15) is 41.6 Å². The molecule has 4 aliphatic rings. The molecule has 0 aliphatic carbocycles. The molecule has 0 saturated carbocycles. The van der Waals surface area contributed by atoms with Crippen molar-refractivity contribution in [3.05, 3.63) is 41.5 Å². The van der Waals surface area contributed by atoms with Gasteiger partial charge in [-0.25, -0.2) is 0 Å². The molecule has 0 spiro atoms. The van der Waals surface area contributed by atoms with Crippen LogP contribution in [-0.2, 0) is 16.1 Å². The number of piperazine rings is 1. The van der Waals surface area contributed by atoms with E-state index in [0.717, 1.165) is 75.7 Å². The van der Waals surface area contributed by atoms with Crippen molar-refractivity contribution >= 4 is 35.0 Å². The highest BCUT2D eigenvalue weighted by Crippen LogP contribution is 2.31. The Morgan fingerprint density at radius 2 is 1.68 bits per heavy atom. The van der Waals surface area contributed by atoms with E-state index in [2.05, 4.69) is 36.3 Å². The number of nitrogens with zero attached hydrogens (tertiary/aromatic N) is 6. The maximum Gasteiger partial charge on any atom is 0.255 e. The Bertz CT molecular complexity index is 1220. The van der Waals surface area contributed by atoms with E-state index < -0.39 is 6.04 Å². The predicted octanol–water partition coefficient (Wildman–Crippen LogP) is 0.858. The van der Waals surface area contributed by atoms with Gasteiger partial charge in [-0.2, -0.15) is 0 Å². The Kier molecular flexibility index (Phi) is 6.61. The average molecular weight is 519 g/mol. The van der Waals surface area contributed by atoms with Gasteiger partial charge in [0.2, 0.25) is 11.8 Å². The van der Waals surface area contributed by atoms with Crippen molar-refractivity contribution < 1.29 is 14.4 Å². The van der Waals surface area contributed by atoms with Crippen LogP contribution in [0, 0.1) is 5.92 Å². The standard InChI is InChI=1S/C27H34N8O3/c28-23-4-5-24(31-30-23)34-9-7-18(8-10-34)16-32-11-13-33(14-12-32)20-2-1-19-17-35(27(38)21(19)15-20)22-3-6-25(36)29-26(22)37/h1-2,4-5,15,18,22H,3,6-14,16-17H2,(H2,28,30)(H,29,36,37). The summed E-state index contributed by atoms with van der Waals surface area (Å²) in [5.74, 6) is 1.27. The van der Waals surface area contributed by atoms with Crippen molar-refractivity contribution in [3.8, 4) is 0 Å². The molecular weight excluding hydrogens is 484 g/mol.